The van der Waals surface area contributed by atoms with E-state index in [0.717, 1.165) is 51.9 Å². The third-order valence-corrected chi connectivity index (χ3v) is 4.55. The van der Waals surface area contributed by atoms with Crippen LogP contribution in [0, 0.1) is 5.92 Å². The van der Waals surface area contributed by atoms with Crippen molar-refractivity contribution in [3.8, 4) is 5.88 Å². The van der Waals surface area contributed by atoms with Crippen LogP contribution in [0.4, 0.5) is 0 Å². The molecule has 1 aromatic heterocycles. The number of rotatable bonds is 3. The fourth-order valence-corrected chi connectivity index (χ4v) is 3.34. The van der Waals surface area contributed by atoms with Crippen LogP contribution >= 0.6 is 0 Å². The van der Waals surface area contributed by atoms with Crippen molar-refractivity contribution < 1.29 is 9.53 Å². The molecule has 0 aliphatic carbocycles. The van der Waals surface area contributed by atoms with Crippen molar-refractivity contribution in [2.45, 2.75) is 31.8 Å². The summed E-state index contributed by atoms with van der Waals surface area (Å²) in [6.45, 7) is 3.57. The molecule has 120 valence electrons. The number of carbonyl (C=O) groups excluding carboxylic acids is 1. The quantitative estimate of drug-likeness (QED) is 0.839. The molecule has 0 bridgehead atoms. The van der Waals surface area contributed by atoms with Crippen LogP contribution in [0.15, 0.2) is 18.6 Å². The SMILES string of the molecule is CN1CCCC(C(=O)N2CCC(Oc3cnccn3)CC2)C1. The second-order valence-electron chi connectivity index (χ2n) is 6.29. The van der Waals surface area contributed by atoms with Crippen LogP contribution in [0.25, 0.3) is 0 Å². The number of carbonyl (C=O) groups is 1. The molecule has 22 heavy (non-hydrogen) atoms. The maximum Gasteiger partial charge on any atom is 0.232 e. The van der Waals surface area contributed by atoms with E-state index in [9.17, 15) is 4.79 Å². The molecule has 1 unspecified atom stereocenters. The summed E-state index contributed by atoms with van der Waals surface area (Å²) < 4.78 is 5.83. The molecule has 3 rings (SSSR count). The lowest BCUT2D eigenvalue weighted by Crippen LogP contribution is -2.47. The van der Waals surface area contributed by atoms with E-state index in [1.54, 1.807) is 18.6 Å². The van der Waals surface area contributed by atoms with E-state index in [-0.39, 0.29) is 12.0 Å². The molecular weight excluding hydrogens is 280 g/mol. The maximum atomic E-state index is 12.6. The number of amides is 1. The summed E-state index contributed by atoms with van der Waals surface area (Å²) in [5, 5.41) is 0. The van der Waals surface area contributed by atoms with E-state index in [4.69, 9.17) is 4.74 Å². The predicted molar refractivity (Wildman–Crippen MR) is 82.5 cm³/mol. The molecule has 1 aromatic rings. The van der Waals surface area contributed by atoms with Gasteiger partial charge in [-0.3, -0.25) is 9.78 Å². The molecule has 1 atom stereocenters. The van der Waals surface area contributed by atoms with E-state index in [1.165, 1.54) is 0 Å². The van der Waals surface area contributed by atoms with Gasteiger partial charge in [-0.15, -0.1) is 0 Å². The van der Waals surface area contributed by atoms with Gasteiger partial charge in [0, 0.05) is 44.9 Å². The third-order valence-electron chi connectivity index (χ3n) is 4.55. The summed E-state index contributed by atoms with van der Waals surface area (Å²) in [6.07, 6.45) is 8.92. The average Bonchev–Trinajstić information content (AvgIpc) is 2.56. The van der Waals surface area contributed by atoms with Crippen molar-refractivity contribution in [2.75, 3.05) is 33.2 Å². The molecule has 0 spiro atoms. The Kier molecular flexibility index (Phi) is 4.87. The van der Waals surface area contributed by atoms with E-state index in [0.29, 0.717) is 11.8 Å². The number of aromatic nitrogens is 2. The zero-order valence-corrected chi connectivity index (χ0v) is 13.1. The van der Waals surface area contributed by atoms with Gasteiger partial charge in [-0.25, -0.2) is 4.98 Å². The van der Waals surface area contributed by atoms with Crippen LogP contribution in [0.5, 0.6) is 5.88 Å². The standard InChI is InChI=1S/C16H24N4O2/c1-19-8-2-3-13(12-19)16(21)20-9-4-14(5-10-20)22-15-11-17-6-7-18-15/h6-7,11,13-14H,2-5,8-10,12H2,1H3. The van der Waals surface area contributed by atoms with Gasteiger partial charge in [-0.05, 0) is 26.4 Å². The van der Waals surface area contributed by atoms with Crippen LogP contribution < -0.4 is 4.74 Å². The summed E-state index contributed by atoms with van der Waals surface area (Å²) in [7, 11) is 2.10. The first-order chi connectivity index (χ1) is 10.7. The van der Waals surface area contributed by atoms with Gasteiger partial charge in [0.25, 0.3) is 0 Å². The van der Waals surface area contributed by atoms with Crippen molar-refractivity contribution in [2.24, 2.45) is 5.92 Å². The number of piperidine rings is 2. The van der Waals surface area contributed by atoms with E-state index >= 15 is 0 Å². The molecule has 2 fully saturated rings. The van der Waals surface area contributed by atoms with Crippen molar-refractivity contribution in [1.29, 1.82) is 0 Å². The number of ether oxygens (including phenoxy) is 1. The van der Waals surface area contributed by atoms with E-state index in [1.807, 2.05) is 4.90 Å². The normalized spacial score (nSPS) is 24.2. The molecule has 0 radical (unpaired) electrons. The molecule has 0 N–H and O–H groups in total. The van der Waals surface area contributed by atoms with Crippen molar-refractivity contribution in [3.05, 3.63) is 18.6 Å². The first kappa shape index (κ1) is 15.2. The molecule has 2 aliphatic heterocycles. The van der Waals surface area contributed by atoms with Gasteiger partial charge in [-0.2, -0.15) is 0 Å². The molecule has 2 aliphatic rings. The maximum absolute atomic E-state index is 12.6. The second-order valence-corrected chi connectivity index (χ2v) is 6.29. The van der Waals surface area contributed by atoms with Gasteiger partial charge in [0.2, 0.25) is 11.8 Å². The Morgan fingerprint density at radius 3 is 2.73 bits per heavy atom. The van der Waals surface area contributed by atoms with Gasteiger partial charge in [-0.1, -0.05) is 0 Å². The number of likely N-dealkylation sites (tertiary alicyclic amines) is 2. The Labute approximate surface area is 131 Å². The second kappa shape index (κ2) is 7.05. The minimum Gasteiger partial charge on any atom is -0.473 e. The summed E-state index contributed by atoms with van der Waals surface area (Å²) in [5.74, 6) is 1.07. The monoisotopic (exact) mass is 304 g/mol. The van der Waals surface area contributed by atoms with Crippen molar-refractivity contribution in [3.63, 3.8) is 0 Å². The minimum absolute atomic E-state index is 0.134. The number of hydrogen-bond acceptors (Lipinski definition) is 5. The summed E-state index contributed by atoms with van der Waals surface area (Å²) in [4.78, 5) is 25.0. The lowest BCUT2D eigenvalue weighted by atomic mass is 9.95. The smallest absolute Gasteiger partial charge is 0.232 e. The van der Waals surface area contributed by atoms with Crippen LogP contribution in [0.2, 0.25) is 0 Å². The Morgan fingerprint density at radius 2 is 2.05 bits per heavy atom. The highest BCUT2D eigenvalue weighted by molar-refractivity contribution is 5.79. The van der Waals surface area contributed by atoms with Gasteiger partial charge >= 0.3 is 0 Å². The zero-order valence-electron chi connectivity index (χ0n) is 13.1. The highest BCUT2D eigenvalue weighted by Gasteiger charge is 2.31. The predicted octanol–water partition coefficient (Wildman–Crippen LogP) is 1.19. The zero-order chi connectivity index (χ0) is 15.4. The largest absolute Gasteiger partial charge is 0.473 e. The lowest BCUT2D eigenvalue weighted by Gasteiger charge is -2.36. The summed E-state index contributed by atoms with van der Waals surface area (Å²) in [6, 6.07) is 0. The first-order valence-electron chi connectivity index (χ1n) is 8.12. The van der Waals surface area contributed by atoms with Crippen molar-refractivity contribution in [1.82, 2.24) is 19.8 Å². The molecule has 0 aromatic carbocycles. The Bertz CT molecular complexity index is 488. The fourth-order valence-electron chi connectivity index (χ4n) is 3.34. The van der Waals surface area contributed by atoms with Gasteiger partial charge in [0.05, 0.1) is 12.1 Å². The summed E-state index contributed by atoms with van der Waals surface area (Å²) >= 11 is 0. The van der Waals surface area contributed by atoms with Crippen LogP contribution in [-0.4, -0.2) is 65.0 Å². The molecule has 3 heterocycles. The molecule has 2 saturated heterocycles. The van der Waals surface area contributed by atoms with E-state index in [2.05, 4.69) is 21.9 Å². The van der Waals surface area contributed by atoms with Crippen molar-refractivity contribution >= 4 is 5.91 Å². The molecule has 0 saturated carbocycles. The van der Waals surface area contributed by atoms with Crippen LogP contribution in [-0.2, 0) is 4.79 Å². The summed E-state index contributed by atoms with van der Waals surface area (Å²) in [5.41, 5.74) is 0. The third kappa shape index (κ3) is 3.74. The molecular formula is C16H24N4O2. The highest BCUT2D eigenvalue weighted by Crippen LogP contribution is 2.22. The van der Waals surface area contributed by atoms with Gasteiger partial charge in [0.1, 0.15) is 6.10 Å². The molecule has 6 heteroatoms. The Morgan fingerprint density at radius 1 is 1.23 bits per heavy atom. The highest BCUT2D eigenvalue weighted by atomic mass is 16.5. The fraction of sp³-hybridized carbons (Fsp3) is 0.688. The minimum atomic E-state index is 0.134. The number of nitrogens with zero attached hydrogens (tertiary/aromatic N) is 4. The average molecular weight is 304 g/mol. The van der Waals surface area contributed by atoms with Crippen LogP contribution in [0.3, 0.4) is 0 Å². The first-order valence-corrected chi connectivity index (χ1v) is 8.12. The lowest BCUT2D eigenvalue weighted by molar-refractivity contribution is -0.139. The molecule has 1 amide bonds. The Balaban J connectivity index is 1.48. The molecule has 6 nitrogen and oxygen atoms in total. The van der Waals surface area contributed by atoms with Gasteiger partial charge in [0.15, 0.2) is 0 Å². The van der Waals surface area contributed by atoms with Crippen LogP contribution in [0.1, 0.15) is 25.7 Å². The number of hydrogen-bond donors (Lipinski definition) is 0. The Hall–Kier alpha value is -1.69. The van der Waals surface area contributed by atoms with E-state index < -0.39 is 0 Å². The topological polar surface area (TPSA) is 58.6 Å². The van der Waals surface area contributed by atoms with Gasteiger partial charge < -0.3 is 14.5 Å².